The Labute approximate surface area is 143 Å². The summed E-state index contributed by atoms with van der Waals surface area (Å²) in [5, 5.41) is 40.7. The second kappa shape index (κ2) is 6.68. The van der Waals surface area contributed by atoms with Crippen molar-refractivity contribution in [3.8, 4) is 17.2 Å². The number of methoxy groups -OCH3 is 2. The van der Waals surface area contributed by atoms with Crippen LogP contribution >= 0.6 is 0 Å². The van der Waals surface area contributed by atoms with Gasteiger partial charge in [-0.05, 0) is 17.7 Å². The van der Waals surface area contributed by atoms with Crippen LogP contribution in [0.3, 0.4) is 0 Å². The van der Waals surface area contributed by atoms with Gasteiger partial charge in [0.05, 0.1) is 32.3 Å². The smallest absolute Gasteiger partial charge is 0.312 e. The third-order valence-electron chi connectivity index (χ3n) is 4.71. The van der Waals surface area contributed by atoms with Crippen LogP contribution in [0.5, 0.6) is 17.2 Å². The number of benzene rings is 1. The monoisotopic (exact) mass is 356 g/mol. The zero-order valence-electron chi connectivity index (χ0n) is 13.7. The van der Waals surface area contributed by atoms with Crippen LogP contribution in [0, 0.1) is 5.92 Å². The fraction of sp³-hybridized carbons (Fsp3) is 0.562. The molecule has 0 saturated heterocycles. The maximum atomic E-state index is 12.2. The van der Waals surface area contributed by atoms with Gasteiger partial charge in [-0.2, -0.15) is 0 Å². The van der Waals surface area contributed by atoms with Crippen molar-refractivity contribution in [3.63, 3.8) is 0 Å². The second-order valence-corrected chi connectivity index (χ2v) is 5.99. The molecule has 1 aromatic rings. The van der Waals surface area contributed by atoms with Crippen LogP contribution < -0.4 is 14.2 Å². The molecule has 3 rings (SSSR count). The maximum Gasteiger partial charge on any atom is 0.312 e. The molecule has 1 aromatic carbocycles. The largest absolute Gasteiger partial charge is 0.493 e. The highest BCUT2D eigenvalue weighted by Crippen LogP contribution is 2.47. The van der Waals surface area contributed by atoms with Crippen LogP contribution in [0.15, 0.2) is 12.1 Å². The first kappa shape index (κ1) is 17.7. The van der Waals surface area contributed by atoms with Gasteiger partial charge in [0.25, 0.3) is 0 Å². The molecule has 9 nitrogen and oxygen atoms in total. The number of ether oxygens (including phenoxy) is 4. The molecule has 9 heteroatoms. The summed E-state index contributed by atoms with van der Waals surface area (Å²) in [6, 6.07) is 3.06. The zero-order valence-corrected chi connectivity index (χ0v) is 13.7. The van der Waals surface area contributed by atoms with Crippen molar-refractivity contribution >= 4 is 5.97 Å². The summed E-state index contributed by atoms with van der Waals surface area (Å²) >= 11 is 0. The molecule has 0 spiro atoms. The minimum absolute atomic E-state index is 0.00718. The number of hydrogen-bond acceptors (Lipinski definition) is 9. The summed E-state index contributed by atoms with van der Waals surface area (Å²) in [6.07, 6.45) is -6.47. The van der Waals surface area contributed by atoms with Gasteiger partial charge < -0.3 is 39.4 Å². The van der Waals surface area contributed by atoms with E-state index >= 15 is 0 Å². The van der Waals surface area contributed by atoms with Crippen molar-refractivity contribution in [3.05, 3.63) is 17.7 Å². The fourth-order valence-electron chi connectivity index (χ4n) is 3.42. The molecule has 1 aliphatic heterocycles. The molecule has 138 valence electrons. The number of hydrogen-bond donors (Lipinski definition) is 4. The van der Waals surface area contributed by atoms with Crippen LogP contribution in [0.25, 0.3) is 0 Å². The summed E-state index contributed by atoms with van der Waals surface area (Å²) in [4.78, 5) is 12.2. The summed E-state index contributed by atoms with van der Waals surface area (Å²) in [7, 11) is 2.56. The van der Waals surface area contributed by atoms with E-state index in [-0.39, 0.29) is 6.79 Å². The summed E-state index contributed by atoms with van der Waals surface area (Å²) in [6.45, 7) is -0.00718. The molecule has 25 heavy (non-hydrogen) atoms. The van der Waals surface area contributed by atoms with Crippen LogP contribution in [-0.2, 0) is 9.53 Å². The summed E-state index contributed by atoms with van der Waals surface area (Å²) in [5.74, 6) is -2.12. The normalized spacial score (nSPS) is 33.8. The van der Waals surface area contributed by atoms with Gasteiger partial charge >= 0.3 is 5.97 Å². The standard InChI is InChI=1S/C16H20O9/c1-22-7-3-6(4-8-15(7)25-5-24-8)9-10(16(21)23-2)12(18)14(20)13(19)11(9)17/h3-4,9-14,17-20H,5H2,1-2H3/t9-,10-,11-,12+,13+,14+/m1/s1. The number of esters is 1. The van der Waals surface area contributed by atoms with E-state index in [9.17, 15) is 25.2 Å². The Balaban J connectivity index is 2.10. The first-order valence-corrected chi connectivity index (χ1v) is 7.68. The molecule has 0 unspecified atom stereocenters. The average Bonchev–Trinajstić information content (AvgIpc) is 3.09. The number of rotatable bonds is 3. The van der Waals surface area contributed by atoms with E-state index < -0.39 is 42.2 Å². The van der Waals surface area contributed by atoms with Crippen LogP contribution in [0.4, 0.5) is 0 Å². The van der Waals surface area contributed by atoms with Crippen molar-refractivity contribution in [2.24, 2.45) is 5.92 Å². The van der Waals surface area contributed by atoms with Crippen molar-refractivity contribution in [1.29, 1.82) is 0 Å². The molecule has 1 saturated carbocycles. The number of aliphatic hydroxyl groups is 4. The third-order valence-corrected chi connectivity index (χ3v) is 4.71. The van der Waals surface area contributed by atoms with E-state index in [2.05, 4.69) is 0 Å². The van der Waals surface area contributed by atoms with Gasteiger partial charge in [-0.3, -0.25) is 4.79 Å². The Bertz CT molecular complexity index is 661. The van der Waals surface area contributed by atoms with Crippen molar-refractivity contribution in [2.45, 2.75) is 30.3 Å². The Morgan fingerprint density at radius 3 is 2.36 bits per heavy atom. The highest BCUT2D eigenvalue weighted by atomic mass is 16.7. The third kappa shape index (κ3) is 2.78. The van der Waals surface area contributed by atoms with Crippen LogP contribution in [0.2, 0.25) is 0 Å². The predicted octanol–water partition coefficient (Wildman–Crippen LogP) is -1.25. The van der Waals surface area contributed by atoms with Gasteiger partial charge in [-0.1, -0.05) is 0 Å². The van der Waals surface area contributed by atoms with Gasteiger partial charge in [-0.25, -0.2) is 0 Å². The van der Waals surface area contributed by atoms with E-state index in [1.54, 1.807) is 0 Å². The average molecular weight is 356 g/mol. The van der Waals surface area contributed by atoms with Gasteiger partial charge in [-0.15, -0.1) is 0 Å². The Morgan fingerprint density at radius 2 is 1.72 bits per heavy atom. The van der Waals surface area contributed by atoms with Crippen LogP contribution in [-0.4, -0.2) is 71.8 Å². The lowest BCUT2D eigenvalue weighted by Crippen LogP contribution is -2.59. The molecule has 0 amide bonds. The zero-order chi connectivity index (χ0) is 18.3. The SMILES string of the molecule is COC(=O)[C@H]1[C@H](O)[C@H](O)[C@@H](O)[C@H](O)[C@@H]1c1cc(OC)c2c(c1)OCO2. The Morgan fingerprint density at radius 1 is 1.04 bits per heavy atom. The quantitative estimate of drug-likeness (QED) is 0.490. The number of carbonyl (C=O) groups excluding carboxylic acids is 1. The second-order valence-electron chi connectivity index (χ2n) is 5.99. The minimum atomic E-state index is -1.69. The van der Waals surface area contributed by atoms with E-state index in [4.69, 9.17) is 18.9 Å². The summed E-state index contributed by atoms with van der Waals surface area (Å²) in [5.41, 5.74) is 0.369. The van der Waals surface area contributed by atoms with Crippen molar-refractivity contribution in [1.82, 2.24) is 0 Å². The first-order valence-electron chi connectivity index (χ1n) is 7.68. The van der Waals surface area contributed by atoms with Crippen molar-refractivity contribution in [2.75, 3.05) is 21.0 Å². The van der Waals surface area contributed by atoms with E-state index in [1.165, 1.54) is 19.2 Å². The molecule has 1 aliphatic carbocycles. The molecule has 0 aromatic heterocycles. The van der Waals surface area contributed by atoms with E-state index in [1.807, 2.05) is 0 Å². The number of aliphatic hydroxyl groups excluding tert-OH is 4. The summed E-state index contributed by atoms with van der Waals surface area (Å²) < 4.78 is 20.6. The molecular weight excluding hydrogens is 336 g/mol. The van der Waals surface area contributed by atoms with E-state index in [0.717, 1.165) is 7.11 Å². The molecular formula is C16H20O9. The van der Waals surface area contributed by atoms with Crippen LogP contribution in [0.1, 0.15) is 11.5 Å². The Hall–Kier alpha value is -2.07. The van der Waals surface area contributed by atoms with Gasteiger partial charge in [0, 0.05) is 5.92 Å². The fourth-order valence-corrected chi connectivity index (χ4v) is 3.42. The molecule has 1 heterocycles. The molecule has 0 bridgehead atoms. The van der Waals surface area contributed by atoms with Gasteiger partial charge in [0.15, 0.2) is 11.5 Å². The number of carbonyl (C=O) groups is 1. The first-order chi connectivity index (χ1) is 11.9. The molecule has 0 radical (unpaired) electrons. The van der Waals surface area contributed by atoms with E-state index in [0.29, 0.717) is 22.8 Å². The molecule has 2 aliphatic rings. The molecule has 4 N–H and O–H groups in total. The maximum absolute atomic E-state index is 12.2. The molecule has 6 atom stereocenters. The lowest BCUT2D eigenvalue weighted by molar-refractivity contribution is -0.186. The van der Waals surface area contributed by atoms with Gasteiger partial charge in [0.2, 0.25) is 12.5 Å². The topological polar surface area (TPSA) is 135 Å². The van der Waals surface area contributed by atoms with Crippen molar-refractivity contribution < 1.29 is 44.2 Å². The highest BCUT2D eigenvalue weighted by molar-refractivity contribution is 5.75. The minimum Gasteiger partial charge on any atom is -0.493 e. The lowest BCUT2D eigenvalue weighted by atomic mass is 9.69. The number of fused-ring (bicyclic) bond motifs is 1. The lowest BCUT2D eigenvalue weighted by Gasteiger charge is -2.43. The van der Waals surface area contributed by atoms with Gasteiger partial charge in [0.1, 0.15) is 12.2 Å². The highest BCUT2D eigenvalue weighted by Gasteiger charge is 2.53. The Kier molecular flexibility index (Phi) is 4.74. The molecule has 1 fully saturated rings. The predicted molar refractivity (Wildman–Crippen MR) is 81.4 cm³/mol.